The number of carbonyl (C=O) groups excluding carboxylic acids is 1. The molecule has 148 valence electrons. The van der Waals surface area contributed by atoms with Crippen molar-refractivity contribution in [3.05, 3.63) is 58.7 Å². The third-order valence-electron chi connectivity index (χ3n) is 4.78. The summed E-state index contributed by atoms with van der Waals surface area (Å²) in [6, 6.07) is 7.85. The van der Waals surface area contributed by atoms with Crippen LogP contribution in [0.4, 0.5) is 4.39 Å². The minimum atomic E-state index is -0.293. The number of hydrogen-bond donors (Lipinski definition) is 1. The lowest BCUT2D eigenvalue weighted by atomic mass is 10.0. The van der Waals surface area contributed by atoms with Crippen molar-refractivity contribution in [2.45, 2.75) is 26.3 Å². The van der Waals surface area contributed by atoms with E-state index in [4.69, 9.17) is 0 Å². The summed E-state index contributed by atoms with van der Waals surface area (Å²) in [5, 5.41) is 8.29. The van der Waals surface area contributed by atoms with Crippen LogP contribution >= 0.6 is 0 Å². The minimum Gasteiger partial charge on any atom is -0.345 e. The molecule has 1 aromatic carbocycles. The van der Waals surface area contributed by atoms with Gasteiger partial charge in [-0.1, -0.05) is 12.1 Å². The number of nitrogens with one attached hydrogen (secondary N) is 1. The molecular formula is C21H26FN5O. The number of nitrogens with zero attached hydrogens (tertiary/aromatic N) is 4. The van der Waals surface area contributed by atoms with Crippen LogP contribution in [0.1, 0.15) is 39.8 Å². The molecule has 28 heavy (non-hydrogen) atoms. The van der Waals surface area contributed by atoms with Crippen LogP contribution in [0.15, 0.2) is 30.3 Å². The van der Waals surface area contributed by atoms with E-state index in [0.29, 0.717) is 17.6 Å². The van der Waals surface area contributed by atoms with Gasteiger partial charge < -0.3 is 10.2 Å². The highest BCUT2D eigenvalue weighted by Gasteiger charge is 2.21. The van der Waals surface area contributed by atoms with Gasteiger partial charge in [-0.3, -0.25) is 9.48 Å². The highest BCUT2D eigenvalue weighted by atomic mass is 19.1. The van der Waals surface area contributed by atoms with Crippen molar-refractivity contribution < 1.29 is 9.18 Å². The second-order valence-electron chi connectivity index (χ2n) is 7.39. The Kier molecular flexibility index (Phi) is 5.74. The minimum absolute atomic E-state index is 0.181. The first kappa shape index (κ1) is 19.9. The molecule has 1 atom stereocenters. The first-order valence-electron chi connectivity index (χ1n) is 9.28. The van der Waals surface area contributed by atoms with E-state index in [9.17, 15) is 9.18 Å². The van der Waals surface area contributed by atoms with Gasteiger partial charge in [0.05, 0.1) is 22.7 Å². The van der Waals surface area contributed by atoms with E-state index in [1.807, 2.05) is 35.0 Å². The van der Waals surface area contributed by atoms with Gasteiger partial charge in [-0.15, -0.1) is 0 Å². The summed E-state index contributed by atoms with van der Waals surface area (Å²) in [4.78, 5) is 19.8. The lowest BCUT2D eigenvalue weighted by molar-refractivity contribution is 0.0934. The predicted molar refractivity (Wildman–Crippen MR) is 108 cm³/mol. The average Bonchev–Trinajstić information content (AvgIpc) is 2.92. The normalized spacial score (nSPS) is 12.5. The molecule has 0 aliphatic rings. The zero-order valence-corrected chi connectivity index (χ0v) is 17.0. The lowest BCUT2D eigenvalue weighted by Crippen LogP contribution is -2.31. The Hall–Kier alpha value is -2.80. The Labute approximate surface area is 164 Å². The molecule has 7 heteroatoms. The maximum Gasteiger partial charge on any atom is 0.252 e. The van der Waals surface area contributed by atoms with Crippen LogP contribution in [0.5, 0.6) is 0 Å². The Balaban J connectivity index is 1.95. The SMILES string of the molecule is Cc1cc(C(=O)NC(CCN(C)C)c2ccc(F)cc2)c2c(C)nn(C)c2n1. The molecule has 0 bridgehead atoms. The molecule has 6 nitrogen and oxygen atoms in total. The van der Waals surface area contributed by atoms with Gasteiger partial charge in [-0.05, 0) is 64.7 Å². The standard InChI is InChI=1S/C21H26FN5O/c1-13-12-17(19-14(2)25-27(5)20(19)23-13)21(28)24-18(10-11-26(3)4)15-6-8-16(22)9-7-15/h6-9,12,18H,10-11H2,1-5H3,(H,24,28). The Bertz CT molecular complexity index is 994. The highest BCUT2D eigenvalue weighted by Crippen LogP contribution is 2.24. The number of benzene rings is 1. The zero-order chi connectivity index (χ0) is 20.4. The molecule has 0 saturated carbocycles. The van der Waals surface area contributed by atoms with E-state index in [2.05, 4.69) is 20.3 Å². The quantitative estimate of drug-likeness (QED) is 0.710. The van der Waals surface area contributed by atoms with Crippen molar-refractivity contribution in [3.63, 3.8) is 0 Å². The molecule has 0 spiro atoms. The van der Waals surface area contributed by atoms with E-state index in [0.717, 1.165) is 28.9 Å². The van der Waals surface area contributed by atoms with E-state index in [1.54, 1.807) is 22.9 Å². The largest absolute Gasteiger partial charge is 0.345 e. The van der Waals surface area contributed by atoms with Crippen LogP contribution in [0, 0.1) is 19.7 Å². The number of fused-ring (bicyclic) bond motifs is 1. The van der Waals surface area contributed by atoms with E-state index < -0.39 is 0 Å². The van der Waals surface area contributed by atoms with Crippen LogP contribution in [0.3, 0.4) is 0 Å². The smallest absolute Gasteiger partial charge is 0.252 e. The van der Waals surface area contributed by atoms with Crippen molar-refractivity contribution >= 4 is 16.9 Å². The maximum absolute atomic E-state index is 13.3. The summed E-state index contributed by atoms with van der Waals surface area (Å²) >= 11 is 0. The number of hydrogen-bond acceptors (Lipinski definition) is 4. The van der Waals surface area contributed by atoms with Gasteiger partial charge in [0.25, 0.3) is 5.91 Å². The van der Waals surface area contributed by atoms with Crippen molar-refractivity contribution in [1.82, 2.24) is 25.0 Å². The summed E-state index contributed by atoms with van der Waals surface area (Å²) in [6.07, 6.45) is 0.712. The first-order valence-corrected chi connectivity index (χ1v) is 9.28. The van der Waals surface area contributed by atoms with Crippen LogP contribution < -0.4 is 5.32 Å². The van der Waals surface area contributed by atoms with Gasteiger partial charge in [-0.2, -0.15) is 5.10 Å². The molecule has 2 aromatic heterocycles. The molecule has 3 aromatic rings. The average molecular weight is 383 g/mol. The Morgan fingerprint density at radius 1 is 1.25 bits per heavy atom. The highest BCUT2D eigenvalue weighted by molar-refractivity contribution is 6.06. The predicted octanol–water partition coefficient (Wildman–Crippen LogP) is 3.15. The van der Waals surface area contributed by atoms with Crippen LogP contribution in [-0.2, 0) is 7.05 Å². The molecule has 1 N–H and O–H groups in total. The van der Waals surface area contributed by atoms with Crippen molar-refractivity contribution in [3.8, 4) is 0 Å². The summed E-state index contributed by atoms with van der Waals surface area (Å²) in [5.41, 5.74) is 3.65. The van der Waals surface area contributed by atoms with Crippen LogP contribution in [-0.4, -0.2) is 46.2 Å². The molecule has 0 saturated heterocycles. The molecule has 0 radical (unpaired) electrons. The van der Waals surface area contributed by atoms with Gasteiger partial charge in [0.15, 0.2) is 5.65 Å². The van der Waals surface area contributed by atoms with Gasteiger partial charge in [-0.25, -0.2) is 9.37 Å². The number of aromatic nitrogens is 3. The summed E-state index contributed by atoms with van der Waals surface area (Å²) < 4.78 is 15.0. The Morgan fingerprint density at radius 2 is 1.93 bits per heavy atom. The summed E-state index contributed by atoms with van der Waals surface area (Å²) in [6.45, 7) is 4.53. The fourth-order valence-electron chi connectivity index (χ4n) is 3.39. The number of rotatable bonds is 6. The molecule has 0 aliphatic carbocycles. The fraction of sp³-hybridized carbons (Fsp3) is 0.381. The third kappa shape index (κ3) is 4.20. The number of amides is 1. The van der Waals surface area contributed by atoms with Gasteiger partial charge in [0.2, 0.25) is 0 Å². The number of aryl methyl sites for hydroxylation is 3. The molecule has 0 fully saturated rings. The van der Waals surface area contributed by atoms with Crippen LogP contribution in [0.25, 0.3) is 11.0 Å². The topological polar surface area (TPSA) is 63.1 Å². The maximum atomic E-state index is 13.3. The molecule has 1 amide bonds. The Morgan fingerprint density at radius 3 is 2.57 bits per heavy atom. The van der Waals surface area contributed by atoms with Crippen LogP contribution in [0.2, 0.25) is 0 Å². The van der Waals surface area contributed by atoms with Gasteiger partial charge in [0, 0.05) is 12.7 Å². The van der Waals surface area contributed by atoms with Crippen molar-refractivity contribution in [1.29, 1.82) is 0 Å². The zero-order valence-electron chi connectivity index (χ0n) is 17.0. The summed E-state index contributed by atoms with van der Waals surface area (Å²) in [7, 11) is 5.79. The molecule has 1 unspecified atom stereocenters. The second kappa shape index (κ2) is 8.06. The molecule has 3 rings (SSSR count). The molecule has 2 heterocycles. The number of halogens is 1. The van der Waals surface area contributed by atoms with E-state index in [1.165, 1.54) is 12.1 Å². The van der Waals surface area contributed by atoms with Crippen molar-refractivity contribution in [2.75, 3.05) is 20.6 Å². The summed E-state index contributed by atoms with van der Waals surface area (Å²) in [5.74, 6) is -0.474. The van der Waals surface area contributed by atoms with Gasteiger partial charge >= 0.3 is 0 Å². The third-order valence-corrected chi connectivity index (χ3v) is 4.78. The molecule has 0 aliphatic heterocycles. The fourth-order valence-corrected chi connectivity index (χ4v) is 3.39. The lowest BCUT2D eigenvalue weighted by Gasteiger charge is -2.21. The monoisotopic (exact) mass is 383 g/mol. The second-order valence-corrected chi connectivity index (χ2v) is 7.39. The molecular weight excluding hydrogens is 357 g/mol. The van der Waals surface area contributed by atoms with Crippen molar-refractivity contribution in [2.24, 2.45) is 7.05 Å². The number of pyridine rings is 1. The van der Waals surface area contributed by atoms with Gasteiger partial charge in [0.1, 0.15) is 5.82 Å². The first-order chi connectivity index (χ1) is 13.3. The van der Waals surface area contributed by atoms with E-state index in [-0.39, 0.29) is 17.8 Å². The van der Waals surface area contributed by atoms with E-state index >= 15 is 0 Å². The number of carbonyl (C=O) groups is 1.